The summed E-state index contributed by atoms with van der Waals surface area (Å²) in [6.07, 6.45) is -4.62. The monoisotopic (exact) mass is 383 g/mol. The molecule has 0 spiro atoms. The Balaban J connectivity index is 2.02. The van der Waals surface area contributed by atoms with Gasteiger partial charge in [0, 0.05) is 11.8 Å². The fraction of sp³-hybridized carbons (Fsp3) is 0.125. The Hall–Kier alpha value is -3.63. The molecule has 2 aromatic carbocycles. The number of rotatable bonds is 5. The molecule has 0 aliphatic heterocycles. The minimum absolute atomic E-state index is 0.0995. The molecule has 0 atom stereocenters. The van der Waals surface area contributed by atoms with Gasteiger partial charge >= 0.3 is 12.1 Å². The number of amides is 1. The molecule has 0 fully saturated rings. The number of hydrogen-bond acceptors (Lipinski definition) is 6. The highest BCUT2D eigenvalue weighted by molar-refractivity contribution is 5.99. The average Bonchev–Trinajstić information content (AvgIpc) is 2.59. The van der Waals surface area contributed by atoms with E-state index in [1.54, 1.807) is 0 Å². The molecule has 0 unspecified atom stereocenters. The summed E-state index contributed by atoms with van der Waals surface area (Å²) in [6.45, 7) is -0.814. The fourth-order valence-corrected chi connectivity index (χ4v) is 2.06. The number of halogens is 3. The third-order valence-corrected chi connectivity index (χ3v) is 3.31. The summed E-state index contributed by atoms with van der Waals surface area (Å²) in [4.78, 5) is 33.9. The normalized spacial score (nSPS) is 10.9. The zero-order chi connectivity index (χ0) is 20.2. The van der Waals surface area contributed by atoms with Crippen LogP contribution in [0.15, 0.2) is 42.5 Å². The second-order valence-electron chi connectivity index (χ2n) is 5.20. The second kappa shape index (κ2) is 7.72. The van der Waals surface area contributed by atoms with Crippen LogP contribution in [0.4, 0.5) is 30.2 Å². The minimum Gasteiger partial charge on any atom is -0.452 e. The van der Waals surface area contributed by atoms with Crippen LogP contribution in [-0.4, -0.2) is 23.4 Å². The van der Waals surface area contributed by atoms with Crippen molar-refractivity contribution in [3.05, 3.63) is 63.7 Å². The Morgan fingerprint density at radius 2 is 1.85 bits per heavy atom. The SMILES string of the molecule is Nc1cc(C(F)(F)F)ccc1C(=O)OCC(=O)Nc1ccccc1[N+](=O)[O-]. The first-order chi connectivity index (χ1) is 12.6. The van der Waals surface area contributed by atoms with Crippen molar-refractivity contribution < 1.29 is 32.4 Å². The number of nitrogens with zero attached hydrogens (tertiary/aromatic N) is 1. The molecule has 142 valence electrons. The van der Waals surface area contributed by atoms with E-state index in [1.807, 2.05) is 0 Å². The second-order valence-corrected chi connectivity index (χ2v) is 5.20. The number of esters is 1. The Morgan fingerprint density at radius 1 is 1.19 bits per heavy atom. The smallest absolute Gasteiger partial charge is 0.416 e. The minimum atomic E-state index is -4.62. The van der Waals surface area contributed by atoms with Crippen LogP contribution in [-0.2, 0) is 15.7 Å². The van der Waals surface area contributed by atoms with Gasteiger partial charge in [-0.15, -0.1) is 0 Å². The zero-order valence-corrected chi connectivity index (χ0v) is 13.4. The van der Waals surface area contributed by atoms with Gasteiger partial charge in [0.2, 0.25) is 0 Å². The average molecular weight is 383 g/mol. The maximum atomic E-state index is 12.6. The first-order valence-electron chi connectivity index (χ1n) is 7.26. The van der Waals surface area contributed by atoms with Crippen molar-refractivity contribution >= 4 is 28.9 Å². The van der Waals surface area contributed by atoms with Crippen molar-refractivity contribution in [2.24, 2.45) is 0 Å². The Labute approximate surface area is 149 Å². The highest BCUT2D eigenvalue weighted by Crippen LogP contribution is 2.31. The Bertz CT molecular complexity index is 899. The third kappa shape index (κ3) is 4.93. The van der Waals surface area contributed by atoms with Gasteiger partial charge < -0.3 is 15.8 Å². The molecule has 3 N–H and O–H groups in total. The largest absolute Gasteiger partial charge is 0.452 e. The lowest BCUT2D eigenvalue weighted by Gasteiger charge is -2.11. The van der Waals surface area contributed by atoms with Crippen molar-refractivity contribution in [3.63, 3.8) is 0 Å². The standard InChI is InChI=1S/C16H12F3N3O5/c17-16(18,19)9-5-6-10(11(20)7-9)15(24)27-8-14(23)21-12-3-1-2-4-13(12)22(25)26/h1-7H,8,20H2,(H,21,23). The first kappa shape index (κ1) is 19.7. The predicted molar refractivity (Wildman–Crippen MR) is 87.9 cm³/mol. The molecule has 1 amide bonds. The molecule has 0 aliphatic carbocycles. The lowest BCUT2D eigenvalue weighted by molar-refractivity contribution is -0.383. The molecule has 0 bridgehead atoms. The van der Waals surface area contributed by atoms with E-state index >= 15 is 0 Å². The molecular weight excluding hydrogens is 371 g/mol. The van der Waals surface area contributed by atoms with Crippen LogP contribution in [0.2, 0.25) is 0 Å². The number of anilines is 2. The van der Waals surface area contributed by atoms with Gasteiger partial charge in [0.15, 0.2) is 6.61 Å². The quantitative estimate of drug-likeness (QED) is 0.354. The Morgan fingerprint density at radius 3 is 2.44 bits per heavy atom. The number of hydrogen-bond donors (Lipinski definition) is 2. The van der Waals surface area contributed by atoms with Crippen molar-refractivity contribution in [1.29, 1.82) is 0 Å². The molecule has 0 radical (unpaired) electrons. The summed E-state index contributed by atoms with van der Waals surface area (Å²) in [5.74, 6) is -1.98. The van der Waals surface area contributed by atoms with Crippen LogP contribution in [0.5, 0.6) is 0 Å². The van der Waals surface area contributed by atoms with Crippen LogP contribution in [0, 0.1) is 10.1 Å². The van der Waals surface area contributed by atoms with Crippen LogP contribution < -0.4 is 11.1 Å². The van der Waals surface area contributed by atoms with Crippen molar-refractivity contribution in [2.75, 3.05) is 17.7 Å². The number of para-hydroxylation sites is 2. The number of ether oxygens (including phenoxy) is 1. The highest BCUT2D eigenvalue weighted by Gasteiger charge is 2.31. The van der Waals surface area contributed by atoms with Gasteiger partial charge in [-0.1, -0.05) is 12.1 Å². The van der Waals surface area contributed by atoms with Crippen molar-refractivity contribution in [1.82, 2.24) is 0 Å². The number of nitrogen functional groups attached to an aromatic ring is 1. The molecular formula is C16H12F3N3O5. The predicted octanol–water partition coefficient (Wildman–Crippen LogP) is 2.99. The van der Waals surface area contributed by atoms with Crippen LogP contribution in [0.3, 0.4) is 0 Å². The van der Waals surface area contributed by atoms with E-state index in [4.69, 9.17) is 5.73 Å². The summed E-state index contributed by atoms with van der Waals surface area (Å²) < 4.78 is 42.4. The van der Waals surface area contributed by atoms with E-state index in [9.17, 15) is 32.9 Å². The van der Waals surface area contributed by atoms with Crippen LogP contribution in [0.1, 0.15) is 15.9 Å². The van der Waals surface area contributed by atoms with E-state index in [0.717, 1.165) is 6.07 Å². The summed E-state index contributed by atoms with van der Waals surface area (Å²) >= 11 is 0. The van der Waals surface area contributed by atoms with Crippen LogP contribution >= 0.6 is 0 Å². The number of nitrogens with two attached hydrogens (primary N) is 1. The summed E-state index contributed by atoms with van der Waals surface area (Å²) in [5, 5.41) is 13.1. The van der Waals surface area contributed by atoms with Gasteiger partial charge in [-0.3, -0.25) is 14.9 Å². The molecule has 0 heterocycles. The number of alkyl halides is 3. The molecule has 0 saturated heterocycles. The molecule has 0 saturated carbocycles. The third-order valence-electron chi connectivity index (χ3n) is 3.31. The first-order valence-corrected chi connectivity index (χ1v) is 7.26. The van der Waals surface area contributed by atoms with Gasteiger partial charge in [0.05, 0.1) is 16.1 Å². The molecule has 27 heavy (non-hydrogen) atoms. The Kier molecular flexibility index (Phi) is 5.63. The number of carbonyl (C=O) groups is 2. The van der Waals surface area contributed by atoms with E-state index in [0.29, 0.717) is 12.1 Å². The molecule has 2 aromatic rings. The summed E-state index contributed by atoms with van der Waals surface area (Å²) in [6, 6.07) is 7.37. The van der Waals surface area contributed by atoms with Crippen molar-refractivity contribution in [2.45, 2.75) is 6.18 Å². The zero-order valence-electron chi connectivity index (χ0n) is 13.4. The van der Waals surface area contributed by atoms with Crippen molar-refractivity contribution in [3.8, 4) is 0 Å². The maximum absolute atomic E-state index is 12.6. The molecule has 2 rings (SSSR count). The van der Waals surface area contributed by atoms with Gasteiger partial charge in [0.25, 0.3) is 11.6 Å². The van der Waals surface area contributed by atoms with Gasteiger partial charge in [0.1, 0.15) is 5.69 Å². The molecule has 0 aliphatic rings. The lowest BCUT2D eigenvalue weighted by atomic mass is 10.1. The molecule has 11 heteroatoms. The maximum Gasteiger partial charge on any atom is 0.416 e. The topological polar surface area (TPSA) is 125 Å². The molecule has 8 nitrogen and oxygen atoms in total. The number of nitrogens with one attached hydrogen (secondary N) is 1. The molecule has 0 aromatic heterocycles. The number of nitro groups is 1. The number of nitro benzene ring substituents is 1. The fourth-order valence-electron chi connectivity index (χ4n) is 2.06. The van der Waals surface area contributed by atoms with Gasteiger partial charge in [-0.05, 0) is 24.3 Å². The summed E-state index contributed by atoms with van der Waals surface area (Å²) in [7, 11) is 0. The van der Waals surface area contributed by atoms with E-state index < -0.39 is 40.8 Å². The number of carbonyl (C=O) groups excluding carboxylic acids is 2. The van der Waals surface area contributed by atoms with Crippen LogP contribution in [0.25, 0.3) is 0 Å². The summed E-state index contributed by atoms with van der Waals surface area (Å²) in [5.41, 5.74) is 3.12. The van der Waals surface area contributed by atoms with Gasteiger partial charge in [-0.2, -0.15) is 13.2 Å². The number of benzene rings is 2. The van der Waals surface area contributed by atoms with E-state index in [-0.39, 0.29) is 16.9 Å². The van der Waals surface area contributed by atoms with E-state index in [1.165, 1.54) is 24.3 Å². The van der Waals surface area contributed by atoms with E-state index in [2.05, 4.69) is 10.1 Å². The highest BCUT2D eigenvalue weighted by atomic mass is 19.4. The van der Waals surface area contributed by atoms with Gasteiger partial charge in [-0.25, -0.2) is 4.79 Å². The lowest BCUT2D eigenvalue weighted by Crippen LogP contribution is -2.22.